The fourth-order valence-corrected chi connectivity index (χ4v) is 1.79. The van der Waals surface area contributed by atoms with E-state index in [1.54, 1.807) is 0 Å². The predicted octanol–water partition coefficient (Wildman–Crippen LogP) is 3.03. The van der Waals surface area contributed by atoms with Gasteiger partial charge in [0.05, 0.1) is 12.0 Å². The van der Waals surface area contributed by atoms with Crippen LogP contribution in [-0.4, -0.2) is 19.9 Å². The predicted molar refractivity (Wildman–Crippen MR) is 66.3 cm³/mol. The van der Waals surface area contributed by atoms with Gasteiger partial charge in [-0.15, -0.1) is 0 Å². The molecule has 0 aliphatic carbocycles. The van der Waals surface area contributed by atoms with Crippen molar-refractivity contribution in [1.82, 2.24) is 19.9 Å². The molecule has 0 fully saturated rings. The van der Waals surface area contributed by atoms with E-state index in [9.17, 15) is 8.78 Å². The summed E-state index contributed by atoms with van der Waals surface area (Å²) in [4.78, 5) is 14.5. The molecule has 2 N–H and O–H groups in total. The van der Waals surface area contributed by atoms with Crippen LogP contribution in [0.4, 0.5) is 20.3 Å². The van der Waals surface area contributed by atoms with E-state index in [0.717, 1.165) is 6.07 Å². The Kier molecular flexibility index (Phi) is 2.75. The van der Waals surface area contributed by atoms with Gasteiger partial charge in [0.1, 0.15) is 5.52 Å². The van der Waals surface area contributed by atoms with E-state index in [1.807, 2.05) is 0 Å². The second-order valence-electron chi connectivity index (χ2n) is 3.67. The smallest absolute Gasteiger partial charge is 0.226 e. The molecular formula is C11H6ClF2N5. The molecule has 3 rings (SSSR count). The Hall–Kier alpha value is -2.28. The highest BCUT2D eigenvalue weighted by Gasteiger charge is 2.12. The molecule has 0 unspecified atom stereocenters. The molecule has 0 atom stereocenters. The lowest BCUT2D eigenvalue weighted by atomic mass is 10.3. The minimum atomic E-state index is -0.995. The molecule has 3 aromatic rings. The topological polar surface area (TPSA) is 66.5 Å². The second kappa shape index (κ2) is 4.43. The van der Waals surface area contributed by atoms with E-state index in [4.69, 9.17) is 11.6 Å². The van der Waals surface area contributed by atoms with Gasteiger partial charge in [0, 0.05) is 0 Å². The van der Waals surface area contributed by atoms with Crippen molar-refractivity contribution >= 4 is 34.3 Å². The van der Waals surface area contributed by atoms with Crippen LogP contribution in [0.15, 0.2) is 24.5 Å². The number of nitrogens with zero attached hydrogens (tertiary/aromatic N) is 3. The first-order valence-electron chi connectivity index (χ1n) is 5.23. The molecule has 0 saturated carbocycles. The lowest BCUT2D eigenvalue weighted by molar-refractivity contribution is 0.511. The monoisotopic (exact) mass is 281 g/mol. The third kappa shape index (κ3) is 2.08. The van der Waals surface area contributed by atoms with Gasteiger partial charge in [-0.2, -0.15) is 9.97 Å². The maximum Gasteiger partial charge on any atom is 0.226 e. The minimum Gasteiger partial charge on any atom is -0.340 e. The van der Waals surface area contributed by atoms with Crippen LogP contribution in [0.5, 0.6) is 0 Å². The SMILES string of the molecule is Fc1cccc(Nc2nc(Cl)nc3nc[nH]c23)c1F. The summed E-state index contributed by atoms with van der Waals surface area (Å²) < 4.78 is 26.7. The maximum absolute atomic E-state index is 13.6. The summed E-state index contributed by atoms with van der Waals surface area (Å²) in [5.41, 5.74) is 0.734. The highest BCUT2D eigenvalue weighted by molar-refractivity contribution is 6.28. The van der Waals surface area contributed by atoms with Gasteiger partial charge >= 0.3 is 0 Å². The number of halogens is 3. The molecule has 0 spiro atoms. The molecule has 19 heavy (non-hydrogen) atoms. The normalized spacial score (nSPS) is 10.9. The lowest BCUT2D eigenvalue weighted by Crippen LogP contribution is -2.00. The lowest BCUT2D eigenvalue weighted by Gasteiger charge is -2.07. The fourth-order valence-electron chi connectivity index (χ4n) is 1.62. The zero-order chi connectivity index (χ0) is 13.4. The number of aromatic nitrogens is 4. The number of hydrogen-bond acceptors (Lipinski definition) is 4. The number of anilines is 2. The number of fused-ring (bicyclic) bond motifs is 1. The number of rotatable bonds is 2. The summed E-state index contributed by atoms with van der Waals surface area (Å²) >= 11 is 5.73. The van der Waals surface area contributed by atoms with Crippen LogP contribution in [0.1, 0.15) is 0 Å². The molecular weight excluding hydrogens is 276 g/mol. The van der Waals surface area contributed by atoms with Gasteiger partial charge < -0.3 is 10.3 Å². The molecule has 2 heterocycles. The number of hydrogen-bond donors (Lipinski definition) is 2. The average molecular weight is 282 g/mol. The fraction of sp³-hybridized carbons (Fsp3) is 0. The van der Waals surface area contributed by atoms with Crippen molar-refractivity contribution in [3.05, 3.63) is 41.4 Å². The van der Waals surface area contributed by atoms with E-state index < -0.39 is 11.6 Å². The highest BCUT2D eigenvalue weighted by Crippen LogP contribution is 2.25. The zero-order valence-electron chi connectivity index (χ0n) is 9.28. The van der Waals surface area contributed by atoms with E-state index in [-0.39, 0.29) is 16.8 Å². The van der Waals surface area contributed by atoms with Crippen molar-refractivity contribution in [2.45, 2.75) is 0 Å². The molecule has 0 aliphatic heterocycles. The third-order valence-electron chi connectivity index (χ3n) is 2.46. The summed E-state index contributed by atoms with van der Waals surface area (Å²) in [6.45, 7) is 0. The van der Waals surface area contributed by atoms with Crippen molar-refractivity contribution in [2.24, 2.45) is 0 Å². The van der Waals surface area contributed by atoms with Gasteiger partial charge in [-0.25, -0.2) is 13.8 Å². The number of benzene rings is 1. The Morgan fingerprint density at radius 1 is 1.21 bits per heavy atom. The summed E-state index contributed by atoms with van der Waals surface area (Å²) in [6.07, 6.45) is 1.41. The summed E-state index contributed by atoms with van der Waals surface area (Å²) in [5.74, 6) is -1.73. The first kappa shape index (κ1) is 11.8. The van der Waals surface area contributed by atoms with Gasteiger partial charge in [-0.05, 0) is 23.7 Å². The van der Waals surface area contributed by atoms with E-state index in [1.165, 1.54) is 18.5 Å². The molecule has 5 nitrogen and oxygen atoms in total. The average Bonchev–Trinajstić information content (AvgIpc) is 2.83. The number of H-pyrrole nitrogens is 1. The summed E-state index contributed by atoms with van der Waals surface area (Å²) in [5, 5.41) is 2.62. The zero-order valence-corrected chi connectivity index (χ0v) is 10.0. The Morgan fingerprint density at radius 3 is 2.89 bits per heavy atom. The van der Waals surface area contributed by atoms with E-state index >= 15 is 0 Å². The maximum atomic E-state index is 13.6. The number of aromatic amines is 1. The van der Waals surface area contributed by atoms with Crippen LogP contribution < -0.4 is 5.32 Å². The van der Waals surface area contributed by atoms with Gasteiger partial charge in [0.25, 0.3) is 0 Å². The quantitative estimate of drug-likeness (QED) is 0.709. The molecule has 0 aliphatic rings. The Bertz CT molecular complexity index is 758. The standard InChI is InChI=1S/C11H6ClF2N5/c12-11-18-9-8(15-4-16-9)10(19-11)17-6-3-1-2-5(13)7(6)14/h1-4H,(H2,15,16,17,18,19). The molecule has 0 amide bonds. The molecule has 0 saturated heterocycles. The largest absolute Gasteiger partial charge is 0.340 e. The van der Waals surface area contributed by atoms with Crippen LogP contribution >= 0.6 is 11.6 Å². The van der Waals surface area contributed by atoms with E-state index in [0.29, 0.717) is 11.2 Å². The van der Waals surface area contributed by atoms with Crippen molar-refractivity contribution in [3.63, 3.8) is 0 Å². The van der Waals surface area contributed by atoms with Crippen LogP contribution in [-0.2, 0) is 0 Å². The summed E-state index contributed by atoms with van der Waals surface area (Å²) in [6, 6.07) is 3.80. The van der Waals surface area contributed by atoms with Gasteiger partial charge in [-0.1, -0.05) is 6.07 Å². The second-order valence-corrected chi connectivity index (χ2v) is 4.01. The molecule has 1 aromatic carbocycles. The number of imidazole rings is 1. The number of nitrogens with one attached hydrogen (secondary N) is 2. The Labute approximate surface area is 110 Å². The van der Waals surface area contributed by atoms with Crippen LogP contribution in [0.3, 0.4) is 0 Å². The van der Waals surface area contributed by atoms with Crippen molar-refractivity contribution in [2.75, 3.05) is 5.32 Å². The van der Waals surface area contributed by atoms with Gasteiger partial charge in [0.2, 0.25) is 5.28 Å². The molecule has 2 aromatic heterocycles. The molecule has 8 heteroatoms. The van der Waals surface area contributed by atoms with Crippen LogP contribution in [0.2, 0.25) is 5.28 Å². The Morgan fingerprint density at radius 2 is 2.05 bits per heavy atom. The van der Waals surface area contributed by atoms with Crippen molar-refractivity contribution in [3.8, 4) is 0 Å². The minimum absolute atomic E-state index is 0.0427. The van der Waals surface area contributed by atoms with Gasteiger partial charge in [0.15, 0.2) is 23.1 Å². The summed E-state index contributed by atoms with van der Waals surface area (Å²) in [7, 11) is 0. The first-order valence-corrected chi connectivity index (χ1v) is 5.60. The Balaban J connectivity index is 2.10. The van der Waals surface area contributed by atoms with Crippen LogP contribution in [0, 0.1) is 11.6 Å². The highest BCUT2D eigenvalue weighted by atomic mass is 35.5. The van der Waals surface area contributed by atoms with Gasteiger partial charge in [-0.3, -0.25) is 0 Å². The molecule has 0 bridgehead atoms. The molecule has 0 radical (unpaired) electrons. The van der Waals surface area contributed by atoms with E-state index in [2.05, 4.69) is 25.3 Å². The van der Waals surface area contributed by atoms with Crippen molar-refractivity contribution in [1.29, 1.82) is 0 Å². The first-order chi connectivity index (χ1) is 9.15. The van der Waals surface area contributed by atoms with Crippen molar-refractivity contribution < 1.29 is 8.78 Å². The third-order valence-corrected chi connectivity index (χ3v) is 2.63. The molecule has 96 valence electrons. The van der Waals surface area contributed by atoms with Crippen LogP contribution in [0.25, 0.3) is 11.2 Å².